The van der Waals surface area contributed by atoms with Gasteiger partial charge in [-0.25, -0.2) is 9.78 Å². The first-order chi connectivity index (χ1) is 11.0. The molecule has 7 nitrogen and oxygen atoms in total. The second-order valence-corrected chi connectivity index (χ2v) is 5.02. The Morgan fingerprint density at radius 2 is 1.91 bits per heavy atom. The normalized spacial score (nSPS) is 10.7. The summed E-state index contributed by atoms with van der Waals surface area (Å²) in [6.45, 7) is -0.115. The fourth-order valence-electron chi connectivity index (χ4n) is 2.13. The van der Waals surface area contributed by atoms with Gasteiger partial charge in [0.25, 0.3) is 5.69 Å². The number of ether oxygens (including phenoxy) is 1. The maximum absolute atomic E-state index is 12.0. The molecule has 0 spiro atoms. The van der Waals surface area contributed by atoms with Gasteiger partial charge in [0.05, 0.1) is 16.0 Å². The van der Waals surface area contributed by atoms with Crippen molar-refractivity contribution in [1.82, 2.24) is 9.55 Å². The van der Waals surface area contributed by atoms with Gasteiger partial charge in [0, 0.05) is 12.1 Å². The predicted molar refractivity (Wildman–Crippen MR) is 83.5 cm³/mol. The molecule has 0 N–H and O–H groups in total. The number of imidazole rings is 1. The summed E-state index contributed by atoms with van der Waals surface area (Å²) < 4.78 is 6.69. The lowest BCUT2D eigenvalue weighted by atomic mass is 10.3. The Hall–Kier alpha value is -2.93. The van der Waals surface area contributed by atoms with E-state index >= 15 is 0 Å². The van der Waals surface area contributed by atoms with E-state index in [1.165, 1.54) is 28.8 Å². The van der Waals surface area contributed by atoms with Crippen LogP contribution < -0.4 is 4.74 Å². The number of carbonyl (C=O) groups excluding carboxylic acids is 1. The second kappa shape index (κ2) is 6.05. The smallest absolute Gasteiger partial charge is 0.331 e. The first kappa shape index (κ1) is 15.0. The lowest BCUT2D eigenvalue weighted by Gasteiger charge is -2.06. The van der Waals surface area contributed by atoms with Gasteiger partial charge >= 0.3 is 5.97 Å². The Morgan fingerprint density at radius 1 is 1.22 bits per heavy atom. The summed E-state index contributed by atoms with van der Waals surface area (Å²) >= 11 is 6.04. The van der Waals surface area contributed by atoms with E-state index in [2.05, 4.69) is 4.98 Å². The molecule has 3 rings (SSSR count). The Labute approximate surface area is 135 Å². The van der Waals surface area contributed by atoms with Gasteiger partial charge in [-0.2, -0.15) is 0 Å². The fraction of sp³-hybridized carbons (Fsp3) is 0.0667. The molecule has 0 aliphatic heterocycles. The first-order valence-electron chi connectivity index (χ1n) is 6.60. The highest BCUT2D eigenvalue weighted by Gasteiger charge is 2.14. The van der Waals surface area contributed by atoms with Gasteiger partial charge in [-0.05, 0) is 35.9 Å². The van der Waals surface area contributed by atoms with Crippen LogP contribution in [-0.4, -0.2) is 20.4 Å². The molecule has 1 heterocycles. The van der Waals surface area contributed by atoms with E-state index < -0.39 is 10.9 Å². The van der Waals surface area contributed by atoms with Crippen molar-refractivity contribution in [3.63, 3.8) is 0 Å². The number of rotatable bonds is 4. The third-order valence-electron chi connectivity index (χ3n) is 3.17. The number of fused-ring (bicyclic) bond motifs is 1. The minimum absolute atomic E-state index is 0.0755. The summed E-state index contributed by atoms with van der Waals surface area (Å²) in [4.78, 5) is 26.2. The summed E-state index contributed by atoms with van der Waals surface area (Å²) in [5.41, 5.74) is 1.33. The summed E-state index contributed by atoms with van der Waals surface area (Å²) in [6, 6.07) is 12.5. The van der Waals surface area contributed by atoms with Gasteiger partial charge in [0.1, 0.15) is 12.3 Å². The lowest BCUT2D eigenvalue weighted by Crippen LogP contribution is -2.16. The number of hydrogen-bond donors (Lipinski definition) is 0. The number of nitro groups is 1. The molecule has 0 aliphatic rings. The van der Waals surface area contributed by atoms with Crippen LogP contribution in [0.2, 0.25) is 5.28 Å². The van der Waals surface area contributed by atoms with E-state index in [0.717, 1.165) is 5.52 Å². The minimum Gasteiger partial charge on any atom is -0.425 e. The van der Waals surface area contributed by atoms with Crippen LogP contribution in [0, 0.1) is 10.1 Å². The van der Waals surface area contributed by atoms with E-state index in [-0.39, 0.29) is 23.3 Å². The van der Waals surface area contributed by atoms with E-state index in [9.17, 15) is 14.9 Å². The van der Waals surface area contributed by atoms with Crippen LogP contribution in [0.4, 0.5) is 5.69 Å². The zero-order valence-electron chi connectivity index (χ0n) is 11.7. The highest BCUT2D eigenvalue weighted by atomic mass is 35.5. The Kier molecular flexibility index (Phi) is 3.94. The predicted octanol–water partition coefficient (Wildman–Crippen LogP) is 3.20. The topological polar surface area (TPSA) is 87.3 Å². The molecule has 0 unspecified atom stereocenters. The average Bonchev–Trinajstić information content (AvgIpc) is 2.84. The summed E-state index contributed by atoms with van der Waals surface area (Å²) in [5.74, 6) is -0.329. The monoisotopic (exact) mass is 331 g/mol. The zero-order valence-corrected chi connectivity index (χ0v) is 12.4. The number of benzene rings is 2. The van der Waals surface area contributed by atoms with Crippen LogP contribution in [-0.2, 0) is 11.3 Å². The van der Waals surface area contributed by atoms with Gasteiger partial charge in [0.15, 0.2) is 0 Å². The average molecular weight is 332 g/mol. The van der Waals surface area contributed by atoms with Crippen LogP contribution in [0.3, 0.4) is 0 Å². The Balaban J connectivity index is 1.76. The molecule has 0 saturated heterocycles. The van der Waals surface area contributed by atoms with Crippen LogP contribution >= 0.6 is 11.6 Å². The minimum atomic E-state index is -0.552. The van der Waals surface area contributed by atoms with Crippen molar-refractivity contribution in [2.75, 3.05) is 0 Å². The Morgan fingerprint density at radius 3 is 2.61 bits per heavy atom. The highest BCUT2D eigenvalue weighted by Crippen LogP contribution is 2.21. The van der Waals surface area contributed by atoms with Crippen molar-refractivity contribution in [1.29, 1.82) is 0 Å². The van der Waals surface area contributed by atoms with Gasteiger partial charge in [0.2, 0.25) is 5.28 Å². The van der Waals surface area contributed by atoms with E-state index in [1.807, 2.05) is 12.1 Å². The lowest BCUT2D eigenvalue weighted by molar-refractivity contribution is -0.384. The number of halogens is 1. The highest BCUT2D eigenvalue weighted by molar-refractivity contribution is 6.29. The molecule has 8 heteroatoms. The third kappa shape index (κ3) is 3.14. The largest absolute Gasteiger partial charge is 0.425 e. The number of para-hydroxylation sites is 2. The molecule has 116 valence electrons. The molecular weight excluding hydrogens is 322 g/mol. The number of aromatic nitrogens is 2. The molecule has 0 fully saturated rings. The van der Waals surface area contributed by atoms with Crippen molar-refractivity contribution in [3.05, 3.63) is 63.9 Å². The number of nitro benzene ring substituents is 1. The van der Waals surface area contributed by atoms with Crippen LogP contribution in [0.15, 0.2) is 48.5 Å². The van der Waals surface area contributed by atoms with Crippen molar-refractivity contribution >= 4 is 34.3 Å². The van der Waals surface area contributed by atoms with Crippen LogP contribution in [0.25, 0.3) is 11.0 Å². The molecular formula is C15H10ClN3O4. The molecule has 0 atom stereocenters. The first-order valence-corrected chi connectivity index (χ1v) is 6.98. The molecule has 0 radical (unpaired) electrons. The van der Waals surface area contributed by atoms with Gasteiger partial charge in [-0.15, -0.1) is 0 Å². The maximum atomic E-state index is 12.0. The quantitative estimate of drug-likeness (QED) is 0.317. The SMILES string of the molecule is O=C(Cn1c(Cl)nc2ccccc21)Oc1ccc([N+](=O)[O-])cc1. The number of esters is 1. The van der Waals surface area contributed by atoms with Crippen molar-refractivity contribution in [3.8, 4) is 5.75 Å². The van der Waals surface area contributed by atoms with E-state index in [0.29, 0.717) is 5.52 Å². The molecule has 23 heavy (non-hydrogen) atoms. The zero-order chi connectivity index (χ0) is 16.4. The Bertz CT molecular complexity index is 889. The number of carbonyl (C=O) groups is 1. The van der Waals surface area contributed by atoms with Crippen LogP contribution in [0.5, 0.6) is 5.75 Å². The van der Waals surface area contributed by atoms with Crippen molar-refractivity contribution in [2.24, 2.45) is 0 Å². The third-order valence-corrected chi connectivity index (χ3v) is 3.46. The van der Waals surface area contributed by atoms with Gasteiger partial charge in [-0.3, -0.25) is 10.1 Å². The van der Waals surface area contributed by atoms with Crippen molar-refractivity contribution in [2.45, 2.75) is 6.54 Å². The van der Waals surface area contributed by atoms with Gasteiger partial charge in [-0.1, -0.05) is 12.1 Å². The van der Waals surface area contributed by atoms with Gasteiger partial charge < -0.3 is 9.30 Å². The standard InChI is InChI=1S/C15H10ClN3O4/c16-15-17-12-3-1-2-4-13(12)18(15)9-14(20)23-11-7-5-10(6-8-11)19(21)22/h1-8H,9H2. The van der Waals surface area contributed by atoms with E-state index in [1.54, 1.807) is 12.1 Å². The molecule has 2 aromatic carbocycles. The maximum Gasteiger partial charge on any atom is 0.331 e. The van der Waals surface area contributed by atoms with Crippen molar-refractivity contribution < 1.29 is 14.5 Å². The van der Waals surface area contributed by atoms with E-state index in [4.69, 9.17) is 16.3 Å². The fourth-order valence-corrected chi connectivity index (χ4v) is 2.37. The molecule has 1 aromatic heterocycles. The number of non-ortho nitro benzene ring substituents is 1. The van der Waals surface area contributed by atoms with Crippen LogP contribution in [0.1, 0.15) is 0 Å². The molecule has 3 aromatic rings. The number of nitrogens with zero attached hydrogens (tertiary/aromatic N) is 3. The summed E-state index contributed by atoms with van der Waals surface area (Å²) in [6.07, 6.45) is 0. The summed E-state index contributed by atoms with van der Waals surface area (Å²) in [7, 11) is 0. The summed E-state index contributed by atoms with van der Waals surface area (Å²) in [5, 5.41) is 10.8. The number of hydrogen-bond acceptors (Lipinski definition) is 5. The second-order valence-electron chi connectivity index (χ2n) is 4.68. The molecule has 0 amide bonds. The molecule has 0 saturated carbocycles. The molecule has 0 aliphatic carbocycles. The molecule has 0 bridgehead atoms.